The zero-order valence-electron chi connectivity index (χ0n) is 14.7. The van der Waals surface area contributed by atoms with E-state index in [-0.39, 0.29) is 11.4 Å². The van der Waals surface area contributed by atoms with Crippen molar-refractivity contribution in [3.8, 4) is 0 Å². The SMILES string of the molecule is Cc1c(C(=O)OCC(=O)Nc2ccc(Cl)c(C(F)(F)F)c2)oc2ccc(Br)cc12. The van der Waals surface area contributed by atoms with Gasteiger partial charge in [-0.2, -0.15) is 13.2 Å². The molecular weight excluding hydrogens is 479 g/mol. The number of fused-ring (bicyclic) bond motifs is 1. The molecule has 0 aliphatic carbocycles. The Bertz CT molecular complexity index is 1110. The van der Waals surface area contributed by atoms with Gasteiger partial charge >= 0.3 is 12.1 Å². The van der Waals surface area contributed by atoms with Crippen LogP contribution in [0.4, 0.5) is 18.9 Å². The van der Waals surface area contributed by atoms with Crippen molar-refractivity contribution in [3.05, 3.63) is 62.8 Å². The summed E-state index contributed by atoms with van der Waals surface area (Å²) in [6.45, 7) is 0.963. The first kappa shape index (κ1) is 21.2. The molecule has 5 nitrogen and oxygen atoms in total. The minimum atomic E-state index is -4.67. The van der Waals surface area contributed by atoms with Gasteiger partial charge in [0, 0.05) is 21.1 Å². The maximum Gasteiger partial charge on any atom is 0.417 e. The van der Waals surface area contributed by atoms with E-state index in [1.807, 2.05) is 0 Å². The second-order valence-corrected chi connectivity index (χ2v) is 7.34. The van der Waals surface area contributed by atoms with Crippen molar-refractivity contribution in [1.82, 2.24) is 0 Å². The molecule has 29 heavy (non-hydrogen) atoms. The molecule has 0 fully saturated rings. The first-order chi connectivity index (χ1) is 13.6. The van der Waals surface area contributed by atoms with Gasteiger partial charge in [-0.25, -0.2) is 4.79 Å². The molecule has 1 N–H and O–H groups in total. The number of amides is 1. The van der Waals surface area contributed by atoms with Crippen molar-refractivity contribution in [2.75, 3.05) is 11.9 Å². The highest BCUT2D eigenvalue weighted by atomic mass is 79.9. The average Bonchev–Trinajstić information content (AvgIpc) is 2.97. The molecule has 0 unspecified atom stereocenters. The van der Waals surface area contributed by atoms with E-state index in [9.17, 15) is 22.8 Å². The first-order valence-corrected chi connectivity index (χ1v) is 9.25. The van der Waals surface area contributed by atoms with Crippen LogP contribution in [0.15, 0.2) is 45.3 Å². The molecule has 1 amide bonds. The Morgan fingerprint density at radius 2 is 1.93 bits per heavy atom. The highest BCUT2D eigenvalue weighted by molar-refractivity contribution is 9.10. The van der Waals surface area contributed by atoms with E-state index in [1.165, 1.54) is 6.07 Å². The van der Waals surface area contributed by atoms with Crippen LogP contribution in [0.25, 0.3) is 11.0 Å². The quantitative estimate of drug-likeness (QED) is 0.458. The molecule has 152 valence electrons. The number of aryl methyl sites for hydroxylation is 1. The van der Waals surface area contributed by atoms with Gasteiger partial charge in [-0.15, -0.1) is 0 Å². The normalized spacial score (nSPS) is 11.5. The van der Waals surface area contributed by atoms with Crippen LogP contribution in [0.2, 0.25) is 5.02 Å². The first-order valence-electron chi connectivity index (χ1n) is 8.08. The average molecular weight is 491 g/mol. The highest BCUT2D eigenvalue weighted by Crippen LogP contribution is 2.36. The molecule has 1 heterocycles. The van der Waals surface area contributed by atoms with Crippen LogP contribution in [0.3, 0.4) is 0 Å². The number of benzene rings is 2. The Balaban J connectivity index is 1.67. The lowest BCUT2D eigenvalue weighted by Crippen LogP contribution is -2.21. The molecule has 0 spiro atoms. The van der Waals surface area contributed by atoms with Gasteiger partial charge in [0.05, 0.1) is 10.6 Å². The standard InChI is InChI=1S/C19H12BrClF3NO4/c1-9-12-6-10(20)2-5-15(12)29-17(9)18(27)28-8-16(26)25-11-3-4-14(21)13(7-11)19(22,23)24/h2-7H,8H2,1H3,(H,25,26). The fourth-order valence-electron chi connectivity index (χ4n) is 2.60. The molecule has 0 aliphatic rings. The topological polar surface area (TPSA) is 68.5 Å². The summed E-state index contributed by atoms with van der Waals surface area (Å²) in [6, 6.07) is 8.12. The number of hydrogen-bond acceptors (Lipinski definition) is 4. The lowest BCUT2D eigenvalue weighted by Gasteiger charge is -2.11. The Kier molecular flexibility index (Phi) is 5.90. The number of anilines is 1. The van der Waals surface area contributed by atoms with Crippen molar-refractivity contribution < 1.29 is 31.9 Å². The van der Waals surface area contributed by atoms with Crippen LogP contribution in [-0.4, -0.2) is 18.5 Å². The second kappa shape index (κ2) is 8.08. The Morgan fingerprint density at radius 3 is 2.62 bits per heavy atom. The maximum absolute atomic E-state index is 12.9. The molecular formula is C19H12BrClF3NO4. The van der Waals surface area contributed by atoms with Crippen LogP contribution in [-0.2, 0) is 15.7 Å². The zero-order valence-corrected chi connectivity index (χ0v) is 17.0. The predicted octanol–water partition coefficient (Wildman–Crippen LogP) is 5.97. The summed E-state index contributed by atoms with van der Waals surface area (Å²) >= 11 is 8.86. The molecule has 0 atom stereocenters. The van der Waals surface area contributed by atoms with E-state index in [1.54, 1.807) is 25.1 Å². The van der Waals surface area contributed by atoms with Gasteiger partial charge in [-0.05, 0) is 43.3 Å². The third kappa shape index (κ3) is 4.73. The van der Waals surface area contributed by atoms with Gasteiger partial charge in [0.15, 0.2) is 6.61 Å². The molecule has 3 rings (SSSR count). The minimum Gasteiger partial charge on any atom is -0.450 e. The van der Waals surface area contributed by atoms with Crippen molar-refractivity contribution in [1.29, 1.82) is 0 Å². The van der Waals surface area contributed by atoms with Crippen LogP contribution in [0.1, 0.15) is 21.7 Å². The number of hydrogen-bond donors (Lipinski definition) is 1. The van der Waals surface area contributed by atoms with Crippen molar-refractivity contribution in [3.63, 3.8) is 0 Å². The van der Waals surface area contributed by atoms with E-state index < -0.39 is 35.2 Å². The predicted molar refractivity (Wildman–Crippen MR) is 104 cm³/mol. The Hall–Kier alpha value is -2.52. The third-order valence-electron chi connectivity index (χ3n) is 3.97. The largest absolute Gasteiger partial charge is 0.450 e. The van der Waals surface area contributed by atoms with Crippen LogP contribution >= 0.6 is 27.5 Å². The van der Waals surface area contributed by atoms with Crippen molar-refractivity contribution in [2.24, 2.45) is 0 Å². The lowest BCUT2D eigenvalue weighted by molar-refractivity contribution is -0.137. The van der Waals surface area contributed by atoms with Gasteiger partial charge in [0.2, 0.25) is 5.76 Å². The minimum absolute atomic E-state index is 0.0586. The van der Waals surface area contributed by atoms with E-state index in [0.29, 0.717) is 22.6 Å². The number of carbonyl (C=O) groups is 2. The van der Waals surface area contributed by atoms with Gasteiger partial charge in [0.25, 0.3) is 5.91 Å². The number of ether oxygens (including phenoxy) is 1. The summed E-state index contributed by atoms with van der Waals surface area (Å²) < 4.78 is 49.8. The second-order valence-electron chi connectivity index (χ2n) is 6.01. The van der Waals surface area contributed by atoms with Crippen molar-refractivity contribution in [2.45, 2.75) is 13.1 Å². The summed E-state index contributed by atoms with van der Waals surface area (Å²) in [5, 5.41) is 2.44. The number of rotatable bonds is 4. The molecule has 0 radical (unpaired) electrons. The Morgan fingerprint density at radius 1 is 1.21 bits per heavy atom. The van der Waals surface area contributed by atoms with E-state index in [0.717, 1.165) is 10.5 Å². The number of halogens is 5. The van der Waals surface area contributed by atoms with E-state index >= 15 is 0 Å². The summed E-state index contributed by atoms with van der Waals surface area (Å²) in [7, 11) is 0. The van der Waals surface area contributed by atoms with Gasteiger partial charge in [-0.3, -0.25) is 4.79 Å². The van der Waals surface area contributed by atoms with Crippen LogP contribution < -0.4 is 5.32 Å². The fraction of sp³-hybridized carbons (Fsp3) is 0.158. The number of furan rings is 1. The Labute approximate surface area is 175 Å². The molecule has 0 aliphatic heterocycles. The smallest absolute Gasteiger partial charge is 0.417 e. The van der Waals surface area contributed by atoms with Crippen LogP contribution in [0.5, 0.6) is 0 Å². The number of esters is 1. The zero-order chi connectivity index (χ0) is 21.3. The fourth-order valence-corrected chi connectivity index (χ4v) is 3.19. The molecule has 1 aromatic heterocycles. The number of nitrogens with one attached hydrogen (secondary N) is 1. The molecule has 10 heteroatoms. The highest BCUT2D eigenvalue weighted by Gasteiger charge is 2.33. The van der Waals surface area contributed by atoms with Crippen LogP contribution in [0, 0.1) is 6.92 Å². The van der Waals surface area contributed by atoms with E-state index in [4.69, 9.17) is 20.8 Å². The summed E-state index contributed by atoms with van der Waals surface area (Å²) in [5.41, 5.74) is -0.201. The number of alkyl halides is 3. The summed E-state index contributed by atoms with van der Waals surface area (Å²) in [4.78, 5) is 24.2. The number of carbonyl (C=O) groups excluding carboxylic acids is 2. The summed E-state index contributed by atoms with van der Waals surface area (Å²) in [5.74, 6) is -1.74. The van der Waals surface area contributed by atoms with Gasteiger partial charge in [-0.1, -0.05) is 27.5 Å². The summed E-state index contributed by atoms with van der Waals surface area (Å²) in [6.07, 6.45) is -4.67. The monoisotopic (exact) mass is 489 g/mol. The molecule has 3 aromatic rings. The molecule has 0 saturated heterocycles. The molecule has 2 aromatic carbocycles. The van der Waals surface area contributed by atoms with Gasteiger partial charge in [0.1, 0.15) is 5.58 Å². The van der Waals surface area contributed by atoms with Crippen molar-refractivity contribution >= 4 is 56.1 Å². The molecule has 0 saturated carbocycles. The third-order valence-corrected chi connectivity index (χ3v) is 4.80. The van der Waals surface area contributed by atoms with E-state index in [2.05, 4.69) is 21.2 Å². The lowest BCUT2D eigenvalue weighted by atomic mass is 10.1. The van der Waals surface area contributed by atoms with Gasteiger partial charge < -0.3 is 14.5 Å². The molecule has 0 bridgehead atoms. The maximum atomic E-state index is 12.9.